The molecule has 1 heterocycles. The van der Waals surface area contributed by atoms with Crippen LogP contribution < -0.4 is 5.32 Å². The van der Waals surface area contributed by atoms with Crippen LogP contribution in [0.5, 0.6) is 0 Å². The Morgan fingerprint density at radius 1 is 1.04 bits per heavy atom. The third-order valence-corrected chi connectivity index (χ3v) is 3.27. The Labute approximate surface area is 139 Å². The first-order valence-corrected chi connectivity index (χ1v) is 7.05. The second-order valence-electron chi connectivity index (χ2n) is 5.00. The van der Waals surface area contributed by atoms with Crippen LogP contribution in [0.2, 0.25) is 0 Å². The Hall–Kier alpha value is -3.29. The van der Waals surface area contributed by atoms with E-state index < -0.39 is 41.6 Å². The summed E-state index contributed by atoms with van der Waals surface area (Å²) in [6.07, 6.45) is 0. The summed E-state index contributed by atoms with van der Waals surface area (Å²) in [4.78, 5) is 23.5. The summed E-state index contributed by atoms with van der Waals surface area (Å²) in [5, 5.41) is 2.67. The van der Waals surface area contributed by atoms with Crippen molar-refractivity contribution in [3.63, 3.8) is 0 Å². The number of rotatable bonds is 4. The van der Waals surface area contributed by atoms with Crippen LogP contribution >= 0.6 is 0 Å². The van der Waals surface area contributed by atoms with E-state index in [9.17, 15) is 22.8 Å². The number of esters is 1. The van der Waals surface area contributed by atoms with E-state index >= 15 is 0 Å². The molecule has 0 saturated carbocycles. The van der Waals surface area contributed by atoms with Gasteiger partial charge in [-0.25, -0.2) is 18.0 Å². The lowest BCUT2D eigenvalue weighted by atomic mass is 10.2. The van der Waals surface area contributed by atoms with Crippen molar-refractivity contribution in [1.82, 2.24) is 0 Å². The van der Waals surface area contributed by atoms with E-state index in [2.05, 4.69) is 0 Å². The first-order chi connectivity index (χ1) is 12.0. The van der Waals surface area contributed by atoms with Crippen LogP contribution in [-0.4, -0.2) is 18.5 Å². The Kier molecular flexibility index (Phi) is 4.42. The molecule has 0 aliphatic rings. The predicted octanol–water partition coefficient (Wildman–Crippen LogP) is 3.65. The lowest BCUT2D eigenvalue weighted by Gasteiger charge is -2.07. The van der Waals surface area contributed by atoms with Crippen LogP contribution in [0, 0.1) is 17.5 Å². The average molecular weight is 349 g/mol. The van der Waals surface area contributed by atoms with E-state index in [0.717, 1.165) is 6.07 Å². The second-order valence-corrected chi connectivity index (χ2v) is 5.00. The number of para-hydroxylation sites is 1. The average Bonchev–Trinajstić information content (AvgIpc) is 3.04. The molecule has 0 unspecified atom stereocenters. The third-order valence-electron chi connectivity index (χ3n) is 3.27. The minimum absolute atomic E-state index is 0.104. The Morgan fingerprint density at radius 3 is 2.56 bits per heavy atom. The fourth-order valence-electron chi connectivity index (χ4n) is 2.09. The van der Waals surface area contributed by atoms with Crippen molar-refractivity contribution in [3.05, 3.63) is 65.7 Å². The number of anilines is 1. The van der Waals surface area contributed by atoms with Gasteiger partial charge in [-0.2, -0.15) is 0 Å². The summed E-state index contributed by atoms with van der Waals surface area (Å²) in [5.74, 6) is -6.56. The van der Waals surface area contributed by atoms with Crippen molar-refractivity contribution >= 4 is 28.5 Å². The smallest absolute Gasteiger partial charge is 0.374 e. The zero-order chi connectivity index (χ0) is 18.0. The SMILES string of the molecule is O=C(COC(=O)c1cc2ccccc2o1)Nc1ccc(F)c(F)c1F. The molecule has 1 amide bonds. The normalized spacial score (nSPS) is 10.7. The van der Waals surface area contributed by atoms with E-state index in [1.165, 1.54) is 6.07 Å². The molecule has 0 radical (unpaired) electrons. The molecule has 128 valence electrons. The van der Waals surface area contributed by atoms with Gasteiger partial charge in [-0.15, -0.1) is 0 Å². The number of amides is 1. The second kappa shape index (κ2) is 6.68. The summed E-state index contributed by atoms with van der Waals surface area (Å²) in [7, 11) is 0. The quantitative estimate of drug-likeness (QED) is 0.577. The molecule has 0 fully saturated rings. The molecular formula is C17H10F3NO4. The van der Waals surface area contributed by atoms with E-state index in [-0.39, 0.29) is 5.76 Å². The van der Waals surface area contributed by atoms with Crippen molar-refractivity contribution in [2.45, 2.75) is 0 Å². The zero-order valence-electron chi connectivity index (χ0n) is 12.5. The largest absolute Gasteiger partial charge is 0.450 e. The molecule has 3 rings (SSSR count). The van der Waals surface area contributed by atoms with Gasteiger partial charge in [0, 0.05) is 5.39 Å². The number of carbonyl (C=O) groups excluding carboxylic acids is 2. The highest BCUT2D eigenvalue weighted by atomic mass is 19.2. The summed E-state index contributed by atoms with van der Waals surface area (Å²) in [5.41, 5.74) is -0.0913. The van der Waals surface area contributed by atoms with Crippen LogP contribution in [0.3, 0.4) is 0 Å². The summed E-state index contributed by atoms with van der Waals surface area (Å²) >= 11 is 0. The van der Waals surface area contributed by atoms with E-state index in [4.69, 9.17) is 9.15 Å². The van der Waals surface area contributed by atoms with Gasteiger partial charge in [0.25, 0.3) is 5.91 Å². The van der Waals surface area contributed by atoms with Crippen LogP contribution in [0.4, 0.5) is 18.9 Å². The minimum atomic E-state index is -1.71. The van der Waals surface area contributed by atoms with E-state index in [0.29, 0.717) is 17.0 Å². The molecule has 0 atom stereocenters. The Morgan fingerprint density at radius 2 is 1.80 bits per heavy atom. The monoisotopic (exact) mass is 349 g/mol. The molecule has 0 aliphatic heterocycles. The molecule has 1 aromatic heterocycles. The fourth-order valence-corrected chi connectivity index (χ4v) is 2.09. The zero-order valence-corrected chi connectivity index (χ0v) is 12.5. The molecule has 8 heteroatoms. The number of furan rings is 1. The van der Waals surface area contributed by atoms with Crippen LogP contribution in [0.25, 0.3) is 11.0 Å². The molecule has 2 aromatic carbocycles. The first-order valence-electron chi connectivity index (χ1n) is 7.05. The van der Waals surface area contributed by atoms with Gasteiger partial charge >= 0.3 is 5.97 Å². The van der Waals surface area contributed by atoms with Gasteiger partial charge < -0.3 is 14.5 Å². The van der Waals surface area contributed by atoms with Crippen LogP contribution in [0.15, 0.2) is 46.9 Å². The summed E-state index contributed by atoms with van der Waals surface area (Å²) in [6, 6.07) is 9.84. The van der Waals surface area contributed by atoms with E-state index in [1.807, 2.05) is 5.32 Å². The Bertz CT molecular complexity index is 935. The van der Waals surface area contributed by atoms with Crippen molar-refractivity contribution in [1.29, 1.82) is 0 Å². The van der Waals surface area contributed by atoms with Gasteiger partial charge in [-0.05, 0) is 24.3 Å². The maximum Gasteiger partial charge on any atom is 0.374 e. The summed E-state index contributed by atoms with van der Waals surface area (Å²) in [6.45, 7) is -0.756. The molecule has 0 bridgehead atoms. The Balaban J connectivity index is 1.62. The number of halogens is 3. The van der Waals surface area contributed by atoms with Crippen molar-refractivity contribution in [3.8, 4) is 0 Å². The van der Waals surface area contributed by atoms with Crippen molar-refractivity contribution in [2.24, 2.45) is 0 Å². The lowest BCUT2D eigenvalue weighted by Crippen LogP contribution is -2.21. The predicted molar refractivity (Wildman–Crippen MR) is 81.4 cm³/mol. The van der Waals surface area contributed by atoms with Gasteiger partial charge in [-0.1, -0.05) is 18.2 Å². The number of carbonyl (C=O) groups is 2. The first kappa shape index (κ1) is 16.6. The van der Waals surface area contributed by atoms with E-state index in [1.54, 1.807) is 24.3 Å². The standard InChI is InChI=1S/C17H10F3NO4/c18-10-5-6-11(16(20)15(10)19)21-14(22)8-24-17(23)13-7-9-3-1-2-4-12(9)25-13/h1-7H,8H2,(H,21,22). The number of nitrogens with one attached hydrogen (secondary N) is 1. The molecule has 5 nitrogen and oxygen atoms in total. The highest BCUT2D eigenvalue weighted by Crippen LogP contribution is 2.20. The molecule has 25 heavy (non-hydrogen) atoms. The minimum Gasteiger partial charge on any atom is -0.450 e. The number of fused-ring (bicyclic) bond motifs is 1. The van der Waals surface area contributed by atoms with Gasteiger partial charge in [0.05, 0.1) is 5.69 Å². The highest BCUT2D eigenvalue weighted by molar-refractivity contribution is 5.96. The fraction of sp³-hybridized carbons (Fsp3) is 0.0588. The number of benzene rings is 2. The van der Waals surface area contributed by atoms with Crippen LogP contribution in [0.1, 0.15) is 10.6 Å². The molecular weight excluding hydrogens is 339 g/mol. The topological polar surface area (TPSA) is 68.5 Å². The van der Waals surface area contributed by atoms with Crippen molar-refractivity contribution < 1.29 is 31.9 Å². The molecule has 0 aliphatic carbocycles. The van der Waals surface area contributed by atoms with Gasteiger partial charge in [0.1, 0.15) is 5.58 Å². The number of hydrogen-bond acceptors (Lipinski definition) is 4. The van der Waals surface area contributed by atoms with Crippen LogP contribution in [-0.2, 0) is 9.53 Å². The maximum atomic E-state index is 13.5. The molecule has 0 saturated heterocycles. The van der Waals surface area contributed by atoms with Crippen molar-refractivity contribution in [2.75, 3.05) is 11.9 Å². The molecule has 0 spiro atoms. The molecule has 1 N–H and O–H groups in total. The lowest BCUT2D eigenvalue weighted by molar-refractivity contribution is -0.119. The number of ether oxygens (including phenoxy) is 1. The number of hydrogen-bond donors (Lipinski definition) is 1. The maximum absolute atomic E-state index is 13.5. The summed E-state index contributed by atoms with van der Waals surface area (Å²) < 4.78 is 49.4. The molecule has 3 aromatic rings. The van der Waals surface area contributed by atoms with Gasteiger partial charge in [0.15, 0.2) is 24.1 Å². The van der Waals surface area contributed by atoms with Gasteiger partial charge in [-0.3, -0.25) is 4.79 Å². The highest BCUT2D eigenvalue weighted by Gasteiger charge is 2.18. The third kappa shape index (κ3) is 3.47. The van der Waals surface area contributed by atoms with Gasteiger partial charge in [0.2, 0.25) is 5.76 Å².